The summed E-state index contributed by atoms with van der Waals surface area (Å²) >= 11 is 0. The molecule has 0 radical (unpaired) electrons. The number of nitrogens with zero attached hydrogens (tertiary/aromatic N) is 4. The SMILES string of the molecule is C=CC(=O)Nc1cccc(CC(=O)N2CC(OC)(c3ncnn3C)C2)c1. The fourth-order valence-electron chi connectivity index (χ4n) is 3.06. The van der Waals surface area contributed by atoms with Crippen molar-refractivity contribution in [3.63, 3.8) is 0 Å². The topological polar surface area (TPSA) is 89.3 Å². The Morgan fingerprint density at radius 2 is 2.19 bits per heavy atom. The molecule has 0 unspecified atom stereocenters. The van der Waals surface area contributed by atoms with E-state index in [9.17, 15) is 9.59 Å². The van der Waals surface area contributed by atoms with E-state index in [-0.39, 0.29) is 18.2 Å². The van der Waals surface area contributed by atoms with Crippen LogP contribution in [0.1, 0.15) is 11.4 Å². The minimum absolute atomic E-state index is 0.00737. The molecule has 1 aliphatic rings. The number of aryl methyl sites for hydroxylation is 1. The van der Waals surface area contributed by atoms with E-state index in [1.165, 1.54) is 12.4 Å². The van der Waals surface area contributed by atoms with Gasteiger partial charge in [-0.25, -0.2) is 4.98 Å². The second kappa shape index (κ2) is 7.09. The van der Waals surface area contributed by atoms with Gasteiger partial charge in [0.15, 0.2) is 11.4 Å². The number of carbonyl (C=O) groups excluding carboxylic acids is 2. The van der Waals surface area contributed by atoms with Gasteiger partial charge in [-0.2, -0.15) is 5.10 Å². The number of carbonyl (C=O) groups is 2. The van der Waals surface area contributed by atoms with Crippen molar-refractivity contribution in [2.24, 2.45) is 7.05 Å². The molecule has 1 aliphatic heterocycles. The van der Waals surface area contributed by atoms with Gasteiger partial charge in [-0.3, -0.25) is 14.3 Å². The van der Waals surface area contributed by atoms with Crippen molar-refractivity contribution in [3.8, 4) is 0 Å². The third kappa shape index (κ3) is 3.36. The minimum Gasteiger partial charge on any atom is -0.366 e. The summed E-state index contributed by atoms with van der Waals surface area (Å²) in [6, 6.07) is 7.21. The molecule has 0 bridgehead atoms. The largest absolute Gasteiger partial charge is 0.366 e. The lowest BCUT2D eigenvalue weighted by Gasteiger charge is -2.47. The van der Waals surface area contributed by atoms with Crippen LogP contribution >= 0.6 is 0 Å². The number of ether oxygens (including phenoxy) is 1. The monoisotopic (exact) mass is 355 g/mol. The predicted octanol–water partition coefficient (Wildman–Crippen LogP) is 0.866. The van der Waals surface area contributed by atoms with Gasteiger partial charge in [-0.05, 0) is 23.8 Å². The van der Waals surface area contributed by atoms with Crippen LogP contribution in [0.25, 0.3) is 0 Å². The quantitative estimate of drug-likeness (QED) is 0.777. The van der Waals surface area contributed by atoms with Crippen LogP contribution in [0.4, 0.5) is 5.69 Å². The van der Waals surface area contributed by atoms with Crippen LogP contribution in [0.2, 0.25) is 0 Å². The fraction of sp³-hybridized carbons (Fsp3) is 0.333. The van der Waals surface area contributed by atoms with Crippen molar-refractivity contribution in [3.05, 3.63) is 54.6 Å². The van der Waals surface area contributed by atoms with Crippen LogP contribution in [-0.4, -0.2) is 51.7 Å². The molecule has 8 heteroatoms. The highest BCUT2D eigenvalue weighted by atomic mass is 16.5. The number of aromatic nitrogens is 3. The Labute approximate surface area is 151 Å². The van der Waals surface area contributed by atoms with Crippen LogP contribution in [-0.2, 0) is 33.4 Å². The Kier molecular flexibility index (Phi) is 4.85. The zero-order valence-corrected chi connectivity index (χ0v) is 14.8. The summed E-state index contributed by atoms with van der Waals surface area (Å²) < 4.78 is 7.29. The third-order valence-corrected chi connectivity index (χ3v) is 4.49. The number of rotatable bonds is 6. The molecule has 1 saturated heterocycles. The zero-order chi connectivity index (χ0) is 18.7. The molecule has 2 aromatic rings. The first-order chi connectivity index (χ1) is 12.5. The number of hydrogen-bond acceptors (Lipinski definition) is 5. The average Bonchev–Trinajstić information content (AvgIpc) is 3.01. The number of hydrogen-bond donors (Lipinski definition) is 1. The van der Waals surface area contributed by atoms with E-state index in [1.807, 2.05) is 6.07 Å². The molecule has 0 aliphatic carbocycles. The Balaban J connectivity index is 1.63. The maximum Gasteiger partial charge on any atom is 0.247 e. The normalized spacial score (nSPS) is 15.2. The second-order valence-electron chi connectivity index (χ2n) is 6.23. The highest BCUT2D eigenvalue weighted by Crippen LogP contribution is 2.34. The molecule has 1 fully saturated rings. The first-order valence-corrected chi connectivity index (χ1v) is 8.17. The van der Waals surface area contributed by atoms with E-state index in [0.29, 0.717) is 24.6 Å². The zero-order valence-electron chi connectivity index (χ0n) is 14.8. The molecule has 1 aromatic heterocycles. The van der Waals surface area contributed by atoms with Crippen molar-refractivity contribution in [2.75, 3.05) is 25.5 Å². The Hall–Kier alpha value is -3.00. The predicted molar refractivity (Wildman–Crippen MR) is 95.2 cm³/mol. The van der Waals surface area contributed by atoms with Crippen LogP contribution in [0.5, 0.6) is 0 Å². The summed E-state index contributed by atoms with van der Waals surface area (Å²) in [4.78, 5) is 29.9. The van der Waals surface area contributed by atoms with Gasteiger partial charge >= 0.3 is 0 Å². The number of anilines is 1. The van der Waals surface area contributed by atoms with Gasteiger partial charge in [0.25, 0.3) is 0 Å². The number of methoxy groups -OCH3 is 1. The Bertz CT molecular complexity index is 839. The smallest absolute Gasteiger partial charge is 0.247 e. The van der Waals surface area contributed by atoms with Gasteiger partial charge in [-0.1, -0.05) is 18.7 Å². The van der Waals surface area contributed by atoms with Gasteiger partial charge in [0.1, 0.15) is 6.33 Å². The van der Waals surface area contributed by atoms with Crippen molar-refractivity contribution in [1.82, 2.24) is 19.7 Å². The standard InChI is InChI=1S/C18H21N5O3/c1-4-15(24)21-14-7-5-6-13(8-14)9-16(25)23-10-18(11-23,26-3)17-19-12-20-22(17)2/h4-8,12H,1,9-11H2,2-3H3,(H,21,24). The third-order valence-electron chi connectivity index (χ3n) is 4.49. The molecule has 0 saturated carbocycles. The first-order valence-electron chi connectivity index (χ1n) is 8.17. The van der Waals surface area contributed by atoms with Crippen molar-refractivity contribution in [1.29, 1.82) is 0 Å². The van der Waals surface area contributed by atoms with Crippen molar-refractivity contribution in [2.45, 2.75) is 12.0 Å². The van der Waals surface area contributed by atoms with E-state index in [4.69, 9.17) is 4.74 Å². The Morgan fingerprint density at radius 3 is 2.81 bits per heavy atom. The van der Waals surface area contributed by atoms with E-state index in [1.54, 1.807) is 41.9 Å². The van der Waals surface area contributed by atoms with Crippen molar-refractivity contribution < 1.29 is 14.3 Å². The lowest BCUT2D eigenvalue weighted by Crippen LogP contribution is -2.63. The summed E-state index contributed by atoms with van der Waals surface area (Å²) in [7, 11) is 3.42. The Morgan fingerprint density at radius 1 is 1.42 bits per heavy atom. The minimum atomic E-state index is -0.610. The van der Waals surface area contributed by atoms with E-state index in [2.05, 4.69) is 22.0 Å². The van der Waals surface area contributed by atoms with E-state index in [0.717, 1.165) is 5.56 Å². The summed E-state index contributed by atoms with van der Waals surface area (Å²) in [5.74, 6) is 0.412. The first kappa shape index (κ1) is 17.8. The fourth-order valence-corrected chi connectivity index (χ4v) is 3.06. The lowest BCUT2D eigenvalue weighted by molar-refractivity contribution is -0.166. The van der Waals surface area contributed by atoms with E-state index >= 15 is 0 Å². The molecule has 2 amide bonds. The maximum atomic E-state index is 12.6. The van der Waals surface area contributed by atoms with Crippen LogP contribution in [0.3, 0.4) is 0 Å². The molecule has 1 aromatic carbocycles. The molecular weight excluding hydrogens is 334 g/mol. The van der Waals surface area contributed by atoms with Crippen LogP contribution in [0, 0.1) is 0 Å². The lowest BCUT2D eigenvalue weighted by atomic mass is 9.91. The van der Waals surface area contributed by atoms with Gasteiger partial charge in [0, 0.05) is 19.8 Å². The van der Waals surface area contributed by atoms with Gasteiger partial charge in [0.2, 0.25) is 11.8 Å². The molecule has 2 heterocycles. The summed E-state index contributed by atoms with van der Waals surface area (Å²) in [6.45, 7) is 4.29. The van der Waals surface area contributed by atoms with Crippen molar-refractivity contribution >= 4 is 17.5 Å². The highest BCUT2D eigenvalue weighted by molar-refractivity contribution is 5.98. The van der Waals surface area contributed by atoms with Crippen LogP contribution in [0.15, 0.2) is 43.2 Å². The van der Waals surface area contributed by atoms with Gasteiger partial charge < -0.3 is 15.0 Å². The summed E-state index contributed by atoms with van der Waals surface area (Å²) in [6.07, 6.45) is 2.93. The highest BCUT2D eigenvalue weighted by Gasteiger charge is 2.49. The number of benzene rings is 1. The molecule has 136 valence electrons. The van der Waals surface area contributed by atoms with Gasteiger partial charge in [0.05, 0.1) is 19.5 Å². The molecule has 26 heavy (non-hydrogen) atoms. The average molecular weight is 355 g/mol. The summed E-state index contributed by atoms with van der Waals surface area (Å²) in [5.41, 5.74) is 0.848. The molecule has 0 atom stereocenters. The van der Waals surface area contributed by atoms with Gasteiger partial charge in [-0.15, -0.1) is 0 Å². The number of amides is 2. The summed E-state index contributed by atoms with van der Waals surface area (Å²) in [5, 5.41) is 6.76. The molecular formula is C18H21N5O3. The molecule has 0 spiro atoms. The number of likely N-dealkylation sites (tertiary alicyclic amines) is 1. The maximum absolute atomic E-state index is 12.6. The number of nitrogens with one attached hydrogen (secondary N) is 1. The second-order valence-corrected chi connectivity index (χ2v) is 6.23. The molecule has 1 N–H and O–H groups in total. The molecule has 3 rings (SSSR count). The van der Waals surface area contributed by atoms with Crippen LogP contribution < -0.4 is 5.32 Å². The van der Waals surface area contributed by atoms with E-state index < -0.39 is 5.60 Å². The molecule has 8 nitrogen and oxygen atoms in total.